The molecule has 1 unspecified atom stereocenters. The molecule has 1 aliphatic rings. The Morgan fingerprint density at radius 2 is 2.14 bits per heavy atom. The summed E-state index contributed by atoms with van der Waals surface area (Å²) in [5.74, 6) is 1.72. The quantitative estimate of drug-likeness (QED) is 0.885. The molecule has 0 radical (unpaired) electrons. The molecule has 3 rings (SSSR count). The van der Waals surface area contributed by atoms with E-state index in [2.05, 4.69) is 21.6 Å². The Bertz CT molecular complexity index is 563. The minimum Gasteiger partial charge on any atom is -0.343 e. The summed E-state index contributed by atoms with van der Waals surface area (Å²) < 4.78 is 0. The fourth-order valence-electron chi connectivity index (χ4n) is 2.83. The van der Waals surface area contributed by atoms with E-state index in [-0.39, 0.29) is 5.91 Å². The van der Waals surface area contributed by atoms with E-state index in [1.807, 2.05) is 36.1 Å². The molecule has 2 aromatic rings. The summed E-state index contributed by atoms with van der Waals surface area (Å²) in [7, 11) is 0. The van der Waals surface area contributed by atoms with E-state index < -0.39 is 0 Å². The number of likely N-dealkylation sites (tertiary alicyclic amines) is 1. The molecule has 1 N–H and O–H groups in total. The third kappa shape index (κ3) is 3.76. The van der Waals surface area contributed by atoms with Crippen LogP contribution in [0, 0.1) is 5.92 Å². The fraction of sp³-hybridized carbons (Fsp3) is 0.500. The Balaban J connectivity index is 0.000000774. The van der Waals surface area contributed by atoms with Gasteiger partial charge >= 0.3 is 0 Å². The summed E-state index contributed by atoms with van der Waals surface area (Å²) in [4.78, 5) is 21.8. The van der Waals surface area contributed by atoms with Crippen molar-refractivity contribution in [2.24, 2.45) is 5.92 Å². The van der Waals surface area contributed by atoms with Gasteiger partial charge in [0.1, 0.15) is 5.82 Å². The van der Waals surface area contributed by atoms with Gasteiger partial charge in [0.15, 0.2) is 0 Å². The van der Waals surface area contributed by atoms with Crippen molar-refractivity contribution in [1.29, 1.82) is 0 Å². The zero-order chi connectivity index (χ0) is 15.2. The first-order chi connectivity index (χ1) is 10.3. The van der Waals surface area contributed by atoms with Crippen molar-refractivity contribution in [3.05, 3.63) is 30.1 Å². The van der Waals surface area contributed by atoms with Crippen molar-refractivity contribution in [2.75, 3.05) is 19.5 Å². The second-order valence-electron chi connectivity index (χ2n) is 5.24. The number of hydrogen-bond donors (Lipinski definition) is 1. The van der Waals surface area contributed by atoms with E-state index in [1.165, 1.54) is 6.38 Å². The van der Waals surface area contributed by atoms with Crippen LogP contribution in [0.25, 0.3) is 11.0 Å². The van der Waals surface area contributed by atoms with E-state index >= 15 is 0 Å². The van der Waals surface area contributed by atoms with Crippen LogP contribution in [0.1, 0.15) is 25.6 Å². The molecule has 1 aliphatic heterocycles. The van der Waals surface area contributed by atoms with Crippen LogP contribution in [0.3, 0.4) is 0 Å². The van der Waals surface area contributed by atoms with Gasteiger partial charge in [-0.15, -0.1) is 11.6 Å². The maximum absolute atomic E-state index is 11.9. The molecule has 4 nitrogen and oxygen atoms in total. The SMILES string of the molecule is CCN1CCC(Cc2nc3ccccc3[nH]2)CC1=O.CCl. The van der Waals surface area contributed by atoms with Crippen molar-refractivity contribution in [3.63, 3.8) is 0 Å². The minimum absolute atomic E-state index is 0.287. The Labute approximate surface area is 130 Å². The number of para-hydroxylation sites is 2. The number of H-pyrrole nitrogens is 1. The maximum atomic E-state index is 11.9. The van der Waals surface area contributed by atoms with Crippen LogP contribution in [0.4, 0.5) is 0 Å². The lowest BCUT2D eigenvalue weighted by Crippen LogP contribution is -2.39. The first-order valence-corrected chi connectivity index (χ1v) is 8.11. The van der Waals surface area contributed by atoms with Crippen LogP contribution in [-0.2, 0) is 11.2 Å². The van der Waals surface area contributed by atoms with Crippen molar-refractivity contribution < 1.29 is 4.79 Å². The average Bonchev–Trinajstić information content (AvgIpc) is 2.91. The number of aromatic nitrogens is 2. The van der Waals surface area contributed by atoms with Crippen molar-refractivity contribution in [1.82, 2.24) is 14.9 Å². The second-order valence-corrected chi connectivity index (χ2v) is 5.24. The molecule has 114 valence electrons. The number of aromatic amines is 1. The number of rotatable bonds is 3. The highest BCUT2D eigenvalue weighted by Crippen LogP contribution is 2.22. The second kappa shape index (κ2) is 7.46. The first kappa shape index (κ1) is 15.8. The maximum Gasteiger partial charge on any atom is 0.222 e. The highest BCUT2D eigenvalue weighted by Gasteiger charge is 2.25. The molecule has 0 spiro atoms. The van der Waals surface area contributed by atoms with Gasteiger partial charge in [0.2, 0.25) is 5.91 Å². The molecule has 1 amide bonds. The Morgan fingerprint density at radius 3 is 2.81 bits per heavy atom. The van der Waals surface area contributed by atoms with Crippen LogP contribution in [-0.4, -0.2) is 40.2 Å². The largest absolute Gasteiger partial charge is 0.343 e. The first-order valence-electron chi connectivity index (χ1n) is 7.35. The van der Waals surface area contributed by atoms with Crippen molar-refractivity contribution in [3.8, 4) is 0 Å². The topological polar surface area (TPSA) is 49.0 Å². The summed E-state index contributed by atoms with van der Waals surface area (Å²) in [6, 6.07) is 8.06. The van der Waals surface area contributed by atoms with E-state index in [0.717, 1.165) is 42.8 Å². The van der Waals surface area contributed by atoms with Gasteiger partial charge < -0.3 is 9.88 Å². The van der Waals surface area contributed by atoms with E-state index in [4.69, 9.17) is 0 Å². The molecule has 1 aromatic heterocycles. The Morgan fingerprint density at radius 1 is 1.38 bits per heavy atom. The smallest absolute Gasteiger partial charge is 0.222 e. The molecule has 0 saturated carbocycles. The van der Waals surface area contributed by atoms with Gasteiger partial charge in [0.05, 0.1) is 11.0 Å². The molecule has 5 heteroatoms. The lowest BCUT2D eigenvalue weighted by molar-refractivity contribution is -0.134. The number of nitrogens with zero attached hydrogens (tertiary/aromatic N) is 2. The van der Waals surface area contributed by atoms with Gasteiger partial charge in [-0.25, -0.2) is 4.98 Å². The van der Waals surface area contributed by atoms with Gasteiger partial charge in [0, 0.05) is 32.3 Å². The third-order valence-corrected chi connectivity index (χ3v) is 3.93. The number of carbonyl (C=O) groups excluding carboxylic acids is 1. The van der Waals surface area contributed by atoms with E-state index in [0.29, 0.717) is 12.3 Å². The molecule has 1 saturated heterocycles. The number of amides is 1. The minimum atomic E-state index is 0.287. The number of nitrogens with one attached hydrogen (secondary N) is 1. The number of piperidine rings is 1. The molecule has 2 heterocycles. The van der Waals surface area contributed by atoms with Crippen LogP contribution in [0.5, 0.6) is 0 Å². The van der Waals surface area contributed by atoms with Crippen LogP contribution in [0.2, 0.25) is 0 Å². The molecule has 0 bridgehead atoms. The highest BCUT2D eigenvalue weighted by molar-refractivity contribution is 6.15. The standard InChI is InChI=1S/C15H19N3O.CH3Cl/c1-2-18-8-7-11(10-15(18)19)9-14-16-12-5-3-4-6-13(12)17-14;1-2/h3-6,11H,2,7-10H2,1H3,(H,16,17);1H3. The predicted molar refractivity (Wildman–Crippen MR) is 86.6 cm³/mol. The normalized spacial score (nSPS) is 18.5. The number of imidazole rings is 1. The fourth-order valence-corrected chi connectivity index (χ4v) is 2.83. The highest BCUT2D eigenvalue weighted by atomic mass is 35.5. The molecule has 1 aromatic carbocycles. The molecule has 21 heavy (non-hydrogen) atoms. The zero-order valence-corrected chi connectivity index (χ0v) is 13.4. The van der Waals surface area contributed by atoms with Gasteiger partial charge in [-0.05, 0) is 31.4 Å². The van der Waals surface area contributed by atoms with Crippen LogP contribution in [0.15, 0.2) is 24.3 Å². The lowest BCUT2D eigenvalue weighted by atomic mass is 9.93. The van der Waals surface area contributed by atoms with Crippen molar-refractivity contribution in [2.45, 2.75) is 26.2 Å². The molecule has 1 atom stereocenters. The number of benzene rings is 1. The third-order valence-electron chi connectivity index (χ3n) is 3.93. The summed E-state index contributed by atoms with van der Waals surface area (Å²) >= 11 is 4.64. The van der Waals surface area contributed by atoms with Crippen molar-refractivity contribution >= 4 is 28.5 Å². The number of hydrogen-bond acceptors (Lipinski definition) is 2. The number of alkyl halides is 1. The summed E-state index contributed by atoms with van der Waals surface area (Å²) in [6.45, 7) is 3.76. The zero-order valence-electron chi connectivity index (χ0n) is 12.6. The van der Waals surface area contributed by atoms with Gasteiger partial charge in [-0.2, -0.15) is 0 Å². The van der Waals surface area contributed by atoms with Crippen LogP contribution < -0.4 is 0 Å². The number of fused-ring (bicyclic) bond motifs is 1. The Kier molecular flexibility index (Phi) is 5.62. The summed E-state index contributed by atoms with van der Waals surface area (Å²) in [5, 5.41) is 0. The average molecular weight is 308 g/mol. The Hall–Kier alpha value is -1.55. The monoisotopic (exact) mass is 307 g/mol. The molecule has 1 fully saturated rings. The summed E-state index contributed by atoms with van der Waals surface area (Å²) in [5.41, 5.74) is 2.09. The molecule has 0 aliphatic carbocycles. The van der Waals surface area contributed by atoms with Crippen LogP contribution >= 0.6 is 11.6 Å². The number of halogens is 1. The van der Waals surface area contributed by atoms with Gasteiger partial charge in [-0.3, -0.25) is 4.79 Å². The number of carbonyl (C=O) groups is 1. The van der Waals surface area contributed by atoms with E-state index in [9.17, 15) is 4.79 Å². The molecular weight excluding hydrogens is 286 g/mol. The predicted octanol–water partition coefficient (Wildman–Crippen LogP) is 3.22. The van der Waals surface area contributed by atoms with E-state index in [1.54, 1.807) is 0 Å². The lowest BCUT2D eigenvalue weighted by Gasteiger charge is -2.30. The summed E-state index contributed by atoms with van der Waals surface area (Å²) in [6.07, 6.45) is 4.08. The molecular formula is C16H22ClN3O. The van der Waals surface area contributed by atoms with Gasteiger partial charge in [0.25, 0.3) is 0 Å². The van der Waals surface area contributed by atoms with Gasteiger partial charge in [-0.1, -0.05) is 12.1 Å².